The summed E-state index contributed by atoms with van der Waals surface area (Å²) in [7, 11) is 1.87. The molecule has 2 N–H and O–H groups in total. The molecule has 0 unspecified atom stereocenters. The molecule has 0 atom stereocenters. The van der Waals surface area contributed by atoms with Crippen LogP contribution in [0.4, 0.5) is 17.5 Å². The molecule has 11 nitrogen and oxygen atoms in total. The van der Waals surface area contributed by atoms with E-state index in [4.69, 9.17) is 9.72 Å². The molecular formula is C24H25ClN10O. The number of anilines is 3. The van der Waals surface area contributed by atoms with Crippen molar-refractivity contribution in [2.75, 3.05) is 36.4 Å². The largest absolute Gasteiger partial charge is 0.457 e. The third-order valence-corrected chi connectivity index (χ3v) is 6.01. The molecule has 0 amide bonds. The summed E-state index contributed by atoms with van der Waals surface area (Å²) >= 11 is 0. The molecule has 1 aliphatic heterocycles. The lowest BCUT2D eigenvalue weighted by molar-refractivity contribution is 0.479. The molecule has 0 aliphatic carbocycles. The van der Waals surface area contributed by atoms with Crippen molar-refractivity contribution in [2.45, 2.75) is 6.92 Å². The fourth-order valence-electron chi connectivity index (χ4n) is 4.14. The average Bonchev–Trinajstić information content (AvgIpc) is 3.26. The van der Waals surface area contributed by atoms with Gasteiger partial charge in [0.15, 0.2) is 5.82 Å². The summed E-state index contributed by atoms with van der Waals surface area (Å²) in [6, 6.07) is 11.7. The van der Waals surface area contributed by atoms with Gasteiger partial charge in [0.25, 0.3) is 0 Å². The number of rotatable bonds is 5. The number of benzene rings is 2. The Morgan fingerprint density at radius 2 is 1.86 bits per heavy atom. The van der Waals surface area contributed by atoms with Gasteiger partial charge in [0.05, 0.1) is 11.7 Å². The average molecular weight is 505 g/mol. The van der Waals surface area contributed by atoms with Crippen LogP contribution in [0.25, 0.3) is 22.1 Å². The molecule has 3 aromatic heterocycles. The predicted molar refractivity (Wildman–Crippen MR) is 141 cm³/mol. The number of aryl methyl sites for hydroxylation is 2. The van der Waals surface area contributed by atoms with Gasteiger partial charge in [-0.05, 0) is 42.8 Å². The van der Waals surface area contributed by atoms with Gasteiger partial charge < -0.3 is 20.3 Å². The van der Waals surface area contributed by atoms with E-state index in [2.05, 4.69) is 40.8 Å². The molecule has 1 saturated heterocycles. The minimum Gasteiger partial charge on any atom is -0.457 e. The van der Waals surface area contributed by atoms with Crippen molar-refractivity contribution in [1.29, 1.82) is 0 Å². The number of hydrogen-bond donors (Lipinski definition) is 2. The highest BCUT2D eigenvalue weighted by molar-refractivity contribution is 5.87. The summed E-state index contributed by atoms with van der Waals surface area (Å²) in [5.74, 6) is 2.79. The van der Waals surface area contributed by atoms with Crippen molar-refractivity contribution in [1.82, 2.24) is 40.2 Å². The topological polar surface area (TPSA) is 119 Å². The zero-order valence-corrected chi connectivity index (χ0v) is 20.7. The first-order valence-electron chi connectivity index (χ1n) is 11.4. The lowest BCUT2D eigenvalue weighted by Gasteiger charge is -2.27. The third-order valence-electron chi connectivity index (χ3n) is 6.01. The summed E-state index contributed by atoms with van der Waals surface area (Å²) in [6.07, 6.45) is 3.27. The maximum Gasteiger partial charge on any atom is 0.226 e. The van der Waals surface area contributed by atoms with E-state index < -0.39 is 0 Å². The zero-order valence-electron chi connectivity index (χ0n) is 19.8. The van der Waals surface area contributed by atoms with Crippen LogP contribution in [0.3, 0.4) is 0 Å². The highest BCUT2D eigenvalue weighted by Crippen LogP contribution is 2.30. The molecule has 2 aromatic carbocycles. The van der Waals surface area contributed by atoms with Gasteiger partial charge in [-0.1, -0.05) is 5.21 Å². The lowest BCUT2D eigenvalue weighted by Crippen LogP contribution is -2.44. The van der Waals surface area contributed by atoms with Crippen molar-refractivity contribution >= 4 is 51.9 Å². The first-order chi connectivity index (χ1) is 17.1. The van der Waals surface area contributed by atoms with Crippen LogP contribution in [-0.2, 0) is 7.05 Å². The molecule has 6 rings (SSSR count). The van der Waals surface area contributed by atoms with Crippen LogP contribution in [0.2, 0.25) is 0 Å². The summed E-state index contributed by atoms with van der Waals surface area (Å²) in [6.45, 7) is 5.57. The number of ether oxygens (including phenoxy) is 1. The molecule has 1 fully saturated rings. The third kappa shape index (κ3) is 4.58. The second kappa shape index (κ2) is 9.88. The second-order valence-corrected chi connectivity index (χ2v) is 8.43. The zero-order chi connectivity index (χ0) is 23.8. The van der Waals surface area contributed by atoms with Gasteiger partial charge >= 0.3 is 0 Å². The molecule has 0 radical (unpaired) electrons. The number of hydrogen-bond acceptors (Lipinski definition) is 10. The number of halogens is 1. The fourth-order valence-corrected chi connectivity index (χ4v) is 4.14. The quantitative estimate of drug-likeness (QED) is 0.368. The van der Waals surface area contributed by atoms with Gasteiger partial charge in [0, 0.05) is 45.0 Å². The van der Waals surface area contributed by atoms with Crippen LogP contribution in [0.5, 0.6) is 11.5 Å². The molecule has 36 heavy (non-hydrogen) atoms. The Morgan fingerprint density at radius 3 is 2.69 bits per heavy atom. The van der Waals surface area contributed by atoms with Gasteiger partial charge in [0.1, 0.15) is 34.4 Å². The normalized spacial score (nSPS) is 13.6. The smallest absolute Gasteiger partial charge is 0.226 e. The number of nitrogens with zero attached hydrogens (tertiary/aromatic N) is 8. The van der Waals surface area contributed by atoms with Gasteiger partial charge in [-0.3, -0.25) is 0 Å². The van der Waals surface area contributed by atoms with Crippen molar-refractivity contribution in [3.8, 4) is 11.5 Å². The molecule has 5 aromatic rings. The minimum atomic E-state index is 0. The van der Waals surface area contributed by atoms with Gasteiger partial charge in [-0.2, -0.15) is 0 Å². The standard InChI is InChI=1S/C24H24N10O.ClH/c1-15-11-16(3-6-21(15)35-17-4-5-20-18(12-17)31-32-33(20)2)29-23-22-19(27-14-28-23)13-26-24(30-22)34-9-7-25-8-10-34;/h3-6,11-14,25H,7-10H2,1-2H3,(H,27,28,29);1H. The maximum atomic E-state index is 6.12. The number of nitrogens with one attached hydrogen (secondary N) is 2. The fraction of sp³-hybridized carbons (Fsp3) is 0.250. The first-order valence-corrected chi connectivity index (χ1v) is 11.4. The molecule has 0 bridgehead atoms. The van der Waals surface area contributed by atoms with Gasteiger partial charge in [0.2, 0.25) is 5.95 Å². The van der Waals surface area contributed by atoms with Gasteiger partial charge in [-0.25, -0.2) is 24.6 Å². The highest BCUT2D eigenvalue weighted by Gasteiger charge is 2.16. The minimum absolute atomic E-state index is 0. The second-order valence-electron chi connectivity index (χ2n) is 8.43. The van der Waals surface area contributed by atoms with E-state index in [-0.39, 0.29) is 12.4 Å². The van der Waals surface area contributed by atoms with Crippen LogP contribution in [-0.4, -0.2) is 61.1 Å². The van der Waals surface area contributed by atoms with E-state index in [1.54, 1.807) is 10.9 Å². The van der Waals surface area contributed by atoms with E-state index in [1.165, 1.54) is 6.33 Å². The summed E-state index contributed by atoms with van der Waals surface area (Å²) in [5.41, 5.74) is 4.97. The highest BCUT2D eigenvalue weighted by atomic mass is 35.5. The van der Waals surface area contributed by atoms with Gasteiger partial charge in [-0.15, -0.1) is 17.5 Å². The van der Waals surface area contributed by atoms with E-state index in [9.17, 15) is 0 Å². The number of piperazine rings is 1. The Hall–Kier alpha value is -4.09. The van der Waals surface area contributed by atoms with Crippen LogP contribution in [0, 0.1) is 6.92 Å². The van der Waals surface area contributed by atoms with Crippen molar-refractivity contribution in [3.63, 3.8) is 0 Å². The predicted octanol–water partition coefficient (Wildman–Crippen LogP) is 3.38. The SMILES string of the molecule is Cc1cc(Nc2ncnc3cnc(N4CCNCC4)nc23)ccc1Oc1ccc2c(c1)nnn2C.Cl. The van der Waals surface area contributed by atoms with E-state index in [0.29, 0.717) is 28.5 Å². The van der Waals surface area contributed by atoms with E-state index in [1.807, 2.05) is 50.4 Å². The molecule has 0 spiro atoms. The molecule has 1 aliphatic rings. The Balaban J connectivity index is 0.00000267. The van der Waals surface area contributed by atoms with Crippen LogP contribution in [0.1, 0.15) is 5.56 Å². The Labute approximate surface area is 213 Å². The molecule has 184 valence electrons. The Bertz CT molecular complexity index is 1530. The maximum absolute atomic E-state index is 6.12. The van der Waals surface area contributed by atoms with E-state index in [0.717, 1.165) is 54.2 Å². The van der Waals surface area contributed by atoms with Crippen molar-refractivity contribution < 1.29 is 4.74 Å². The molecule has 0 saturated carbocycles. The Kier molecular flexibility index (Phi) is 6.49. The summed E-state index contributed by atoms with van der Waals surface area (Å²) in [4.78, 5) is 20.2. The Morgan fingerprint density at radius 1 is 1.00 bits per heavy atom. The van der Waals surface area contributed by atoms with Crippen LogP contribution in [0.15, 0.2) is 48.9 Å². The summed E-state index contributed by atoms with van der Waals surface area (Å²) in [5, 5.41) is 14.9. The lowest BCUT2D eigenvalue weighted by atomic mass is 10.2. The summed E-state index contributed by atoms with van der Waals surface area (Å²) < 4.78 is 7.86. The van der Waals surface area contributed by atoms with Crippen molar-refractivity contribution in [3.05, 3.63) is 54.5 Å². The molecular weight excluding hydrogens is 480 g/mol. The molecule has 4 heterocycles. The van der Waals surface area contributed by atoms with Crippen LogP contribution >= 0.6 is 12.4 Å². The first kappa shape index (κ1) is 23.6. The monoisotopic (exact) mass is 504 g/mol. The molecule has 12 heteroatoms. The van der Waals surface area contributed by atoms with Crippen LogP contribution < -0.4 is 20.3 Å². The number of aromatic nitrogens is 7. The van der Waals surface area contributed by atoms with Crippen molar-refractivity contribution in [2.24, 2.45) is 7.05 Å². The number of fused-ring (bicyclic) bond motifs is 2. The van der Waals surface area contributed by atoms with E-state index >= 15 is 0 Å².